The van der Waals surface area contributed by atoms with Crippen molar-refractivity contribution in [2.24, 2.45) is 5.92 Å². The molecule has 19 heavy (non-hydrogen) atoms. The molecule has 0 heterocycles. The van der Waals surface area contributed by atoms with Crippen LogP contribution < -0.4 is 15.4 Å². The van der Waals surface area contributed by atoms with Gasteiger partial charge in [-0.3, -0.25) is 9.59 Å². The van der Waals surface area contributed by atoms with Crippen LogP contribution >= 0.6 is 0 Å². The summed E-state index contributed by atoms with van der Waals surface area (Å²) in [6.07, 6.45) is 0. The Hall–Kier alpha value is -2.04. The predicted molar refractivity (Wildman–Crippen MR) is 74.5 cm³/mol. The first kappa shape index (κ1) is 15.0. The van der Waals surface area contributed by atoms with Gasteiger partial charge in [0, 0.05) is 19.0 Å². The number of hydrogen-bond acceptors (Lipinski definition) is 3. The Balaban J connectivity index is 2.90. The number of hydrogen-bond donors (Lipinski definition) is 2. The molecule has 0 unspecified atom stereocenters. The summed E-state index contributed by atoms with van der Waals surface area (Å²) < 4.78 is 5.13. The van der Waals surface area contributed by atoms with E-state index in [0.29, 0.717) is 29.5 Å². The molecule has 5 nitrogen and oxygen atoms in total. The molecule has 0 aliphatic carbocycles. The minimum absolute atomic E-state index is 0.164. The molecule has 1 aromatic rings. The second kappa shape index (κ2) is 6.78. The summed E-state index contributed by atoms with van der Waals surface area (Å²) in [6.45, 7) is 6.07. The number of methoxy groups -OCH3 is 1. The van der Waals surface area contributed by atoms with Crippen LogP contribution in [-0.4, -0.2) is 25.5 Å². The zero-order valence-electron chi connectivity index (χ0n) is 11.7. The van der Waals surface area contributed by atoms with Crippen LogP contribution in [0.2, 0.25) is 0 Å². The molecule has 0 saturated heterocycles. The van der Waals surface area contributed by atoms with E-state index in [9.17, 15) is 9.59 Å². The zero-order valence-corrected chi connectivity index (χ0v) is 11.7. The van der Waals surface area contributed by atoms with Gasteiger partial charge in [0.2, 0.25) is 5.91 Å². The average Bonchev–Trinajstić information content (AvgIpc) is 2.35. The smallest absolute Gasteiger partial charge is 0.251 e. The van der Waals surface area contributed by atoms with E-state index in [0.717, 1.165) is 0 Å². The molecule has 104 valence electrons. The van der Waals surface area contributed by atoms with Crippen molar-refractivity contribution < 1.29 is 14.3 Å². The van der Waals surface area contributed by atoms with Crippen molar-refractivity contribution in [2.45, 2.75) is 20.8 Å². The van der Waals surface area contributed by atoms with Crippen LogP contribution in [-0.2, 0) is 4.79 Å². The van der Waals surface area contributed by atoms with E-state index in [-0.39, 0.29) is 11.8 Å². The summed E-state index contributed by atoms with van der Waals surface area (Å²) in [4.78, 5) is 23.0. The predicted octanol–water partition coefficient (Wildman–Crippen LogP) is 2.04. The first-order chi connectivity index (χ1) is 8.93. The maximum absolute atomic E-state index is 11.9. The number of ether oxygens (including phenoxy) is 1. The van der Waals surface area contributed by atoms with Crippen LogP contribution in [0.3, 0.4) is 0 Å². The Morgan fingerprint density at radius 1 is 1.32 bits per heavy atom. The average molecular weight is 264 g/mol. The zero-order chi connectivity index (χ0) is 14.4. The molecule has 0 fully saturated rings. The SMILES string of the molecule is COc1ccc(C(=O)NCC(C)C)cc1NC(C)=O. The van der Waals surface area contributed by atoms with Gasteiger partial charge in [-0.05, 0) is 24.1 Å². The van der Waals surface area contributed by atoms with Crippen molar-refractivity contribution >= 4 is 17.5 Å². The van der Waals surface area contributed by atoms with Gasteiger partial charge in [-0.25, -0.2) is 0 Å². The highest BCUT2D eigenvalue weighted by Crippen LogP contribution is 2.25. The van der Waals surface area contributed by atoms with Crippen molar-refractivity contribution in [1.82, 2.24) is 5.32 Å². The number of rotatable bonds is 5. The molecular weight excluding hydrogens is 244 g/mol. The van der Waals surface area contributed by atoms with Gasteiger partial charge >= 0.3 is 0 Å². The van der Waals surface area contributed by atoms with Crippen molar-refractivity contribution in [3.05, 3.63) is 23.8 Å². The van der Waals surface area contributed by atoms with Gasteiger partial charge in [-0.15, -0.1) is 0 Å². The lowest BCUT2D eigenvalue weighted by Crippen LogP contribution is -2.27. The van der Waals surface area contributed by atoms with Crippen molar-refractivity contribution in [2.75, 3.05) is 19.0 Å². The van der Waals surface area contributed by atoms with Gasteiger partial charge < -0.3 is 15.4 Å². The molecule has 2 amide bonds. The maximum atomic E-state index is 11.9. The molecule has 1 aromatic carbocycles. The minimum atomic E-state index is -0.210. The first-order valence-corrected chi connectivity index (χ1v) is 6.18. The lowest BCUT2D eigenvalue weighted by molar-refractivity contribution is -0.114. The van der Waals surface area contributed by atoms with Crippen LogP contribution in [0, 0.1) is 5.92 Å². The van der Waals surface area contributed by atoms with Crippen LogP contribution in [0.1, 0.15) is 31.1 Å². The molecule has 5 heteroatoms. The van der Waals surface area contributed by atoms with Crippen LogP contribution in [0.4, 0.5) is 5.69 Å². The Bertz CT molecular complexity index is 470. The molecule has 0 radical (unpaired) electrons. The number of anilines is 1. The molecular formula is C14H20N2O3. The Kier molecular flexibility index (Phi) is 5.36. The lowest BCUT2D eigenvalue weighted by atomic mass is 10.1. The minimum Gasteiger partial charge on any atom is -0.495 e. The molecule has 0 bridgehead atoms. The fourth-order valence-electron chi connectivity index (χ4n) is 1.54. The topological polar surface area (TPSA) is 67.4 Å². The summed E-state index contributed by atoms with van der Waals surface area (Å²) in [7, 11) is 1.51. The molecule has 0 saturated carbocycles. The van der Waals surface area contributed by atoms with E-state index in [2.05, 4.69) is 10.6 Å². The fourth-order valence-corrected chi connectivity index (χ4v) is 1.54. The number of benzene rings is 1. The molecule has 0 aliphatic heterocycles. The van der Waals surface area contributed by atoms with E-state index in [1.165, 1.54) is 14.0 Å². The van der Waals surface area contributed by atoms with Crippen LogP contribution in [0.15, 0.2) is 18.2 Å². The van der Waals surface area contributed by atoms with Gasteiger partial charge in [0.1, 0.15) is 5.75 Å². The Labute approximate surface area is 113 Å². The first-order valence-electron chi connectivity index (χ1n) is 6.18. The third-order valence-electron chi connectivity index (χ3n) is 2.44. The third kappa shape index (κ3) is 4.62. The Morgan fingerprint density at radius 3 is 2.53 bits per heavy atom. The number of amides is 2. The third-order valence-corrected chi connectivity index (χ3v) is 2.44. The standard InChI is InChI=1S/C14H20N2O3/c1-9(2)8-15-14(18)11-5-6-13(19-4)12(7-11)16-10(3)17/h5-7,9H,8H2,1-4H3,(H,15,18)(H,16,17). The number of carbonyl (C=O) groups excluding carboxylic acids is 2. The van der Waals surface area contributed by atoms with E-state index >= 15 is 0 Å². The fraction of sp³-hybridized carbons (Fsp3) is 0.429. The summed E-state index contributed by atoms with van der Waals surface area (Å²) in [5.41, 5.74) is 0.984. The van der Waals surface area contributed by atoms with E-state index in [4.69, 9.17) is 4.74 Å². The van der Waals surface area contributed by atoms with E-state index in [1.807, 2.05) is 13.8 Å². The molecule has 2 N–H and O–H groups in total. The van der Waals surface area contributed by atoms with Crippen molar-refractivity contribution in [3.63, 3.8) is 0 Å². The maximum Gasteiger partial charge on any atom is 0.251 e. The number of carbonyl (C=O) groups is 2. The Morgan fingerprint density at radius 2 is 2.00 bits per heavy atom. The van der Waals surface area contributed by atoms with Gasteiger partial charge in [0.25, 0.3) is 5.91 Å². The molecule has 0 spiro atoms. The second-order valence-electron chi connectivity index (χ2n) is 4.70. The highest BCUT2D eigenvalue weighted by atomic mass is 16.5. The van der Waals surface area contributed by atoms with E-state index < -0.39 is 0 Å². The molecule has 0 aliphatic rings. The largest absolute Gasteiger partial charge is 0.495 e. The molecule has 0 aromatic heterocycles. The second-order valence-corrected chi connectivity index (χ2v) is 4.70. The van der Waals surface area contributed by atoms with Gasteiger partial charge in [0.15, 0.2) is 0 Å². The summed E-state index contributed by atoms with van der Waals surface area (Å²) in [5.74, 6) is 0.536. The summed E-state index contributed by atoms with van der Waals surface area (Å²) >= 11 is 0. The summed E-state index contributed by atoms with van der Waals surface area (Å²) in [6, 6.07) is 4.94. The van der Waals surface area contributed by atoms with Crippen LogP contribution in [0.5, 0.6) is 5.75 Å². The van der Waals surface area contributed by atoms with Crippen molar-refractivity contribution in [1.29, 1.82) is 0 Å². The highest BCUT2D eigenvalue weighted by Gasteiger charge is 2.11. The lowest BCUT2D eigenvalue weighted by Gasteiger charge is -2.12. The molecule has 0 atom stereocenters. The summed E-state index contributed by atoms with van der Waals surface area (Å²) in [5, 5.41) is 5.46. The van der Waals surface area contributed by atoms with Gasteiger partial charge in [-0.2, -0.15) is 0 Å². The molecule has 1 rings (SSSR count). The normalized spacial score (nSPS) is 10.2. The van der Waals surface area contributed by atoms with Crippen LogP contribution in [0.25, 0.3) is 0 Å². The quantitative estimate of drug-likeness (QED) is 0.855. The highest BCUT2D eigenvalue weighted by molar-refractivity contribution is 5.97. The van der Waals surface area contributed by atoms with Crippen molar-refractivity contribution in [3.8, 4) is 5.75 Å². The van der Waals surface area contributed by atoms with Gasteiger partial charge in [-0.1, -0.05) is 13.8 Å². The van der Waals surface area contributed by atoms with E-state index in [1.54, 1.807) is 18.2 Å². The monoisotopic (exact) mass is 264 g/mol. The van der Waals surface area contributed by atoms with Gasteiger partial charge in [0.05, 0.1) is 12.8 Å². The number of nitrogens with one attached hydrogen (secondary N) is 2.